The average Bonchev–Trinajstić information content (AvgIpc) is 3.82. The lowest BCUT2D eigenvalue weighted by atomic mass is 9.96. The molecule has 2 aromatic heterocycles. The fraction of sp³-hybridized carbons (Fsp3) is 0. The third-order valence-corrected chi connectivity index (χ3v) is 12.1. The molecule has 0 aliphatic rings. The number of hydrogen-bond acceptors (Lipinski definition) is 3. The summed E-state index contributed by atoms with van der Waals surface area (Å²) in [6.07, 6.45) is 0. The number of rotatable bonds is 6. The van der Waals surface area contributed by atoms with E-state index in [0.29, 0.717) is 0 Å². The molecular weight excluding hydrogens is 687 g/mol. The summed E-state index contributed by atoms with van der Waals surface area (Å²) in [6, 6.07) is 72.3. The van der Waals surface area contributed by atoms with Crippen LogP contribution in [0.25, 0.3) is 86.3 Å². The second-order valence-corrected chi connectivity index (χ2v) is 15.2. The Bertz CT molecular complexity index is 3240. The molecule has 0 amide bonds. The zero-order valence-electron chi connectivity index (χ0n) is 29.8. The molecule has 0 spiro atoms. The minimum Gasteiger partial charge on any atom is -0.456 e. The molecule has 0 atom stereocenters. The normalized spacial score (nSPS) is 11.6. The summed E-state index contributed by atoms with van der Waals surface area (Å²) in [6.45, 7) is 0. The van der Waals surface area contributed by atoms with Crippen LogP contribution in [0.1, 0.15) is 0 Å². The first-order valence-electron chi connectivity index (χ1n) is 18.7. The predicted molar refractivity (Wildman–Crippen MR) is 235 cm³/mol. The highest BCUT2D eigenvalue weighted by Crippen LogP contribution is 2.47. The molecule has 0 saturated heterocycles. The van der Waals surface area contributed by atoms with Gasteiger partial charge in [-0.15, -0.1) is 11.3 Å². The standard InChI is InChI=1S/C52H33NOS/c1-2-13-35-30-39(27-26-34(35)12-1)37-15-9-14-36(31-37)38-16-10-17-40(32-38)53(41-28-29-44-43-19-4-7-24-49(43)54-50(44)33-41)48-23-6-3-18-42(48)46-21-11-22-47-45-20-5-8-25-51(45)55-52(46)47/h1-33H. The topological polar surface area (TPSA) is 16.4 Å². The van der Waals surface area contributed by atoms with Crippen molar-refractivity contribution in [2.45, 2.75) is 0 Å². The van der Waals surface area contributed by atoms with E-state index < -0.39 is 0 Å². The summed E-state index contributed by atoms with van der Waals surface area (Å²) in [4.78, 5) is 2.39. The molecule has 0 aliphatic carbocycles. The van der Waals surface area contributed by atoms with Crippen LogP contribution in [0.15, 0.2) is 205 Å². The zero-order valence-corrected chi connectivity index (χ0v) is 30.6. The Morgan fingerprint density at radius 1 is 0.364 bits per heavy atom. The Kier molecular flexibility index (Phi) is 7.39. The van der Waals surface area contributed by atoms with Crippen molar-refractivity contribution in [3.63, 3.8) is 0 Å². The quantitative estimate of drug-likeness (QED) is 0.170. The largest absolute Gasteiger partial charge is 0.456 e. The maximum atomic E-state index is 6.47. The molecule has 2 nitrogen and oxygen atoms in total. The minimum absolute atomic E-state index is 0.868. The number of furan rings is 1. The fourth-order valence-electron chi connectivity index (χ4n) is 8.21. The lowest BCUT2D eigenvalue weighted by molar-refractivity contribution is 0.669. The minimum atomic E-state index is 0.868. The number of para-hydroxylation sites is 2. The first-order valence-corrected chi connectivity index (χ1v) is 19.5. The van der Waals surface area contributed by atoms with Crippen LogP contribution in [0, 0.1) is 0 Å². The molecule has 0 N–H and O–H groups in total. The van der Waals surface area contributed by atoms with Crippen LogP contribution in [-0.4, -0.2) is 0 Å². The van der Waals surface area contributed by atoms with Crippen molar-refractivity contribution in [1.29, 1.82) is 0 Å². The summed E-state index contributed by atoms with van der Waals surface area (Å²) in [7, 11) is 0. The van der Waals surface area contributed by atoms with Crippen LogP contribution in [0.2, 0.25) is 0 Å². The van der Waals surface area contributed by atoms with E-state index in [-0.39, 0.29) is 0 Å². The maximum absolute atomic E-state index is 6.47. The van der Waals surface area contributed by atoms with Crippen molar-refractivity contribution in [2.75, 3.05) is 4.90 Å². The highest BCUT2D eigenvalue weighted by Gasteiger charge is 2.21. The number of benzene rings is 9. The number of fused-ring (bicyclic) bond motifs is 7. The fourth-order valence-corrected chi connectivity index (χ4v) is 9.44. The van der Waals surface area contributed by atoms with Crippen LogP contribution in [0.5, 0.6) is 0 Å². The van der Waals surface area contributed by atoms with Gasteiger partial charge in [-0.3, -0.25) is 0 Å². The third-order valence-electron chi connectivity index (χ3n) is 10.8. The predicted octanol–water partition coefficient (Wildman–Crippen LogP) is 15.6. The molecule has 2 heterocycles. The molecule has 3 heteroatoms. The zero-order chi connectivity index (χ0) is 36.3. The van der Waals surface area contributed by atoms with Crippen molar-refractivity contribution in [1.82, 2.24) is 0 Å². The van der Waals surface area contributed by atoms with Gasteiger partial charge in [0.1, 0.15) is 11.2 Å². The van der Waals surface area contributed by atoms with Crippen LogP contribution in [0.3, 0.4) is 0 Å². The van der Waals surface area contributed by atoms with Gasteiger partial charge >= 0.3 is 0 Å². The molecule has 258 valence electrons. The SMILES string of the molecule is c1cc(-c2cccc(N(c3ccc4c(c3)oc3ccccc34)c3ccccc3-c3cccc4c3sc3ccccc34)c2)cc(-c2ccc3ccccc3c2)c1. The second kappa shape index (κ2) is 12.9. The van der Waals surface area contributed by atoms with Gasteiger partial charge in [-0.1, -0.05) is 140 Å². The van der Waals surface area contributed by atoms with Crippen LogP contribution < -0.4 is 4.90 Å². The van der Waals surface area contributed by atoms with Crippen molar-refractivity contribution in [3.8, 4) is 33.4 Å². The molecule has 0 radical (unpaired) electrons. The Hall–Kier alpha value is -6.94. The Morgan fingerprint density at radius 2 is 1.00 bits per heavy atom. The summed E-state index contributed by atoms with van der Waals surface area (Å²) in [5.41, 5.74) is 12.1. The van der Waals surface area contributed by atoms with E-state index in [1.807, 2.05) is 23.5 Å². The van der Waals surface area contributed by atoms with Gasteiger partial charge in [-0.2, -0.15) is 0 Å². The molecule has 11 rings (SSSR count). The average molecular weight is 720 g/mol. The van der Waals surface area contributed by atoms with Crippen molar-refractivity contribution < 1.29 is 4.42 Å². The van der Waals surface area contributed by atoms with Crippen LogP contribution >= 0.6 is 11.3 Å². The van der Waals surface area contributed by atoms with Gasteiger partial charge in [0.15, 0.2) is 0 Å². The van der Waals surface area contributed by atoms with E-state index in [4.69, 9.17) is 4.42 Å². The van der Waals surface area contributed by atoms with Gasteiger partial charge in [0.25, 0.3) is 0 Å². The van der Waals surface area contributed by atoms with Crippen LogP contribution in [-0.2, 0) is 0 Å². The van der Waals surface area contributed by atoms with Gasteiger partial charge in [0.2, 0.25) is 0 Å². The first kappa shape index (κ1) is 31.6. The Balaban J connectivity index is 1.09. The Morgan fingerprint density at radius 3 is 1.91 bits per heavy atom. The summed E-state index contributed by atoms with van der Waals surface area (Å²) >= 11 is 1.87. The van der Waals surface area contributed by atoms with E-state index in [9.17, 15) is 0 Å². The van der Waals surface area contributed by atoms with Gasteiger partial charge in [0.05, 0.1) is 5.69 Å². The van der Waals surface area contributed by atoms with E-state index >= 15 is 0 Å². The number of anilines is 3. The highest BCUT2D eigenvalue weighted by molar-refractivity contribution is 7.26. The first-order chi connectivity index (χ1) is 27.2. The van der Waals surface area contributed by atoms with Crippen molar-refractivity contribution in [2.24, 2.45) is 0 Å². The molecular formula is C52H33NOS. The molecule has 0 bridgehead atoms. The molecule has 9 aromatic carbocycles. The smallest absolute Gasteiger partial charge is 0.137 e. The van der Waals surface area contributed by atoms with Gasteiger partial charge in [-0.25, -0.2) is 0 Å². The second-order valence-electron chi connectivity index (χ2n) is 14.1. The molecule has 55 heavy (non-hydrogen) atoms. The lowest BCUT2D eigenvalue weighted by Gasteiger charge is -2.28. The van der Waals surface area contributed by atoms with Gasteiger partial charge in [0, 0.05) is 59.5 Å². The van der Waals surface area contributed by atoms with Gasteiger partial charge < -0.3 is 9.32 Å². The molecule has 0 aliphatic heterocycles. The van der Waals surface area contributed by atoms with E-state index in [0.717, 1.165) is 44.6 Å². The Labute approximate surface area is 322 Å². The monoisotopic (exact) mass is 719 g/mol. The summed E-state index contributed by atoms with van der Waals surface area (Å²) < 4.78 is 9.07. The van der Waals surface area contributed by atoms with Crippen molar-refractivity contribution in [3.05, 3.63) is 200 Å². The third kappa shape index (κ3) is 5.40. The number of hydrogen-bond donors (Lipinski definition) is 0. The molecule has 0 unspecified atom stereocenters. The van der Waals surface area contributed by atoms with Crippen molar-refractivity contribution >= 4 is 81.3 Å². The van der Waals surface area contributed by atoms with E-state index in [2.05, 4.69) is 193 Å². The summed E-state index contributed by atoms with van der Waals surface area (Å²) in [5, 5.41) is 7.32. The summed E-state index contributed by atoms with van der Waals surface area (Å²) in [5.74, 6) is 0. The lowest BCUT2D eigenvalue weighted by Crippen LogP contribution is -2.11. The van der Waals surface area contributed by atoms with Gasteiger partial charge in [-0.05, 0) is 87.6 Å². The highest BCUT2D eigenvalue weighted by atomic mass is 32.1. The number of thiophene rings is 1. The van der Waals surface area contributed by atoms with E-state index in [1.165, 1.54) is 58.8 Å². The van der Waals surface area contributed by atoms with E-state index in [1.54, 1.807) is 0 Å². The molecule has 0 fully saturated rings. The van der Waals surface area contributed by atoms with Crippen LogP contribution in [0.4, 0.5) is 17.1 Å². The maximum Gasteiger partial charge on any atom is 0.137 e. The number of nitrogens with zero attached hydrogens (tertiary/aromatic N) is 1. The molecule has 11 aromatic rings. The molecule has 0 saturated carbocycles.